The molecule has 118 valence electrons. The summed E-state index contributed by atoms with van der Waals surface area (Å²) in [6.45, 7) is 9.30. The number of allylic oxidation sites excluding steroid dienone is 1. The van der Waals surface area contributed by atoms with Gasteiger partial charge < -0.3 is 5.32 Å². The Morgan fingerprint density at radius 1 is 1.19 bits per heavy atom. The van der Waals surface area contributed by atoms with Gasteiger partial charge in [-0.3, -0.25) is 0 Å². The Labute approximate surface area is 135 Å². The fourth-order valence-electron chi connectivity index (χ4n) is 2.28. The Bertz CT molecular complexity index is 372. The summed E-state index contributed by atoms with van der Waals surface area (Å²) in [5.74, 6) is 1.17. The van der Waals surface area contributed by atoms with Crippen LogP contribution in [0.5, 0.6) is 0 Å². The highest BCUT2D eigenvalue weighted by atomic mass is 32.2. The monoisotopic (exact) mass is 305 g/mol. The molecule has 0 saturated heterocycles. The van der Waals surface area contributed by atoms with Crippen molar-refractivity contribution >= 4 is 11.8 Å². The number of rotatable bonds is 12. The van der Waals surface area contributed by atoms with Crippen molar-refractivity contribution in [2.24, 2.45) is 0 Å². The van der Waals surface area contributed by atoms with E-state index in [0.29, 0.717) is 6.04 Å². The minimum absolute atomic E-state index is 0.639. The van der Waals surface area contributed by atoms with Crippen molar-refractivity contribution in [2.45, 2.75) is 63.3 Å². The molecule has 0 radical (unpaired) electrons. The molecule has 1 aromatic rings. The van der Waals surface area contributed by atoms with Crippen molar-refractivity contribution in [1.29, 1.82) is 0 Å². The second-order valence-electron chi connectivity index (χ2n) is 5.70. The average Bonchev–Trinajstić information content (AvgIpc) is 2.50. The highest BCUT2D eigenvalue weighted by Crippen LogP contribution is 2.21. The lowest BCUT2D eigenvalue weighted by Gasteiger charge is -2.18. The van der Waals surface area contributed by atoms with Crippen molar-refractivity contribution in [3.63, 3.8) is 0 Å². The van der Waals surface area contributed by atoms with Crippen LogP contribution in [0, 0.1) is 6.92 Å². The van der Waals surface area contributed by atoms with E-state index in [1.54, 1.807) is 0 Å². The molecule has 0 spiro atoms. The molecule has 1 rings (SSSR count). The molecule has 1 atom stereocenters. The fourth-order valence-corrected chi connectivity index (χ4v) is 3.29. The topological polar surface area (TPSA) is 12.0 Å². The number of benzene rings is 1. The third-order valence-corrected chi connectivity index (χ3v) is 4.79. The molecule has 0 heterocycles. The summed E-state index contributed by atoms with van der Waals surface area (Å²) in [7, 11) is 0. The SMILES string of the molecule is C=CCCCCCC(CSc1ccc(C)cc1)NCCC. The first-order valence-corrected chi connectivity index (χ1v) is 9.28. The summed E-state index contributed by atoms with van der Waals surface area (Å²) >= 11 is 1.98. The molecular formula is C19H31NS. The lowest BCUT2D eigenvalue weighted by Crippen LogP contribution is -2.31. The largest absolute Gasteiger partial charge is 0.313 e. The van der Waals surface area contributed by atoms with Gasteiger partial charge in [0.05, 0.1) is 0 Å². The van der Waals surface area contributed by atoms with Gasteiger partial charge in [-0.2, -0.15) is 0 Å². The van der Waals surface area contributed by atoms with Gasteiger partial charge in [0.1, 0.15) is 0 Å². The Balaban J connectivity index is 2.30. The van der Waals surface area contributed by atoms with E-state index in [1.165, 1.54) is 48.3 Å². The number of hydrogen-bond donors (Lipinski definition) is 1. The zero-order valence-corrected chi connectivity index (χ0v) is 14.6. The quantitative estimate of drug-likeness (QED) is 0.307. The maximum Gasteiger partial charge on any atom is 0.0161 e. The molecule has 0 aliphatic heterocycles. The van der Waals surface area contributed by atoms with E-state index >= 15 is 0 Å². The number of nitrogens with one attached hydrogen (secondary N) is 1. The number of hydrogen-bond acceptors (Lipinski definition) is 2. The van der Waals surface area contributed by atoms with Crippen LogP contribution in [0.2, 0.25) is 0 Å². The van der Waals surface area contributed by atoms with E-state index < -0.39 is 0 Å². The number of unbranched alkanes of at least 4 members (excludes halogenated alkanes) is 3. The molecule has 1 aromatic carbocycles. The van der Waals surface area contributed by atoms with Crippen LogP contribution in [0.1, 0.15) is 51.0 Å². The molecule has 0 aliphatic rings. The van der Waals surface area contributed by atoms with Gasteiger partial charge in [0.15, 0.2) is 0 Å². The van der Waals surface area contributed by atoms with Gasteiger partial charge in [-0.1, -0.05) is 43.5 Å². The van der Waals surface area contributed by atoms with Gasteiger partial charge in [-0.25, -0.2) is 0 Å². The van der Waals surface area contributed by atoms with Crippen LogP contribution >= 0.6 is 11.8 Å². The van der Waals surface area contributed by atoms with E-state index in [4.69, 9.17) is 0 Å². The van der Waals surface area contributed by atoms with Crippen molar-refractivity contribution < 1.29 is 0 Å². The van der Waals surface area contributed by atoms with E-state index in [9.17, 15) is 0 Å². The van der Waals surface area contributed by atoms with Crippen molar-refractivity contribution in [2.75, 3.05) is 12.3 Å². The van der Waals surface area contributed by atoms with Crippen LogP contribution < -0.4 is 5.32 Å². The molecule has 0 saturated carbocycles. The molecule has 1 nitrogen and oxygen atoms in total. The number of thioether (sulfide) groups is 1. The first-order valence-electron chi connectivity index (χ1n) is 8.30. The maximum atomic E-state index is 3.79. The van der Waals surface area contributed by atoms with Crippen LogP contribution in [0.3, 0.4) is 0 Å². The smallest absolute Gasteiger partial charge is 0.0161 e. The van der Waals surface area contributed by atoms with Crippen LogP contribution in [0.15, 0.2) is 41.8 Å². The van der Waals surface area contributed by atoms with Gasteiger partial charge in [0.2, 0.25) is 0 Å². The second-order valence-corrected chi connectivity index (χ2v) is 6.80. The highest BCUT2D eigenvalue weighted by molar-refractivity contribution is 7.99. The minimum Gasteiger partial charge on any atom is -0.313 e. The summed E-state index contributed by atoms with van der Waals surface area (Å²) in [5.41, 5.74) is 1.34. The van der Waals surface area contributed by atoms with E-state index in [0.717, 1.165) is 13.0 Å². The molecule has 2 heteroatoms. The Kier molecular flexibility index (Phi) is 10.4. The Morgan fingerprint density at radius 2 is 1.95 bits per heavy atom. The van der Waals surface area contributed by atoms with Crippen LogP contribution in [-0.2, 0) is 0 Å². The first kappa shape index (κ1) is 18.3. The summed E-state index contributed by atoms with van der Waals surface area (Å²) in [5, 5.41) is 3.70. The Hall–Kier alpha value is -0.730. The third-order valence-electron chi connectivity index (χ3n) is 3.62. The van der Waals surface area contributed by atoms with E-state index in [1.807, 2.05) is 17.8 Å². The predicted molar refractivity (Wildman–Crippen MR) is 97.3 cm³/mol. The van der Waals surface area contributed by atoms with Gasteiger partial charge in [-0.15, -0.1) is 18.3 Å². The van der Waals surface area contributed by atoms with Gasteiger partial charge in [0, 0.05) is 16.7 Å². The van der Waals surface area contributed by atoms with E-state index in [2.05, 4.69) is 50.0 Å². The Morgan fingerprint density at radius 3 is 2.62 bits per heavy atom. The van der Waals surface area contributed by atoms with Crippen molar-refractivity contribution in [1.82, 2.24) is 5.32 Å². The molecular weight excluding hydrogens is 274 g/mol. The number of aryl methyl sites for hydroxylation is 1. The summed E-state index contributed by atoms with van der Waals surface area (Å²) in [4.78, 5) is 1.38. The van der Waals surface area contributed by atoms with Gasteiger partial charge in [-0.05, 0) is 51.3 Å². The zero-order valence-electron chi connectivity index (χ0n) is 13.7. The molecule has 21 heavy (non-hydrogen) atoms. The van der Waals surface area contributed by atoms with E-state index in [-0.39, 0.29) is 0 Å². The molecule has 0 aromatic heterocycles. The molecule has 0 amide bonds. The lowest BCUT2D eigenvalue weighted by atomic mass is 10.1. The summed E-state index contributed by atoms with van der Waals surface area (Å²) in [6, 6.07) is 9.51. The van der Waals surface area contributed by atoms with Crippen molar-refractivity contribution in [3.8, 4) is 0 Å². The molecule has 1 N–H and O–H groups in total. The first-order chi connectivity index (χ1) is 10.3. The summed E-state index contributed by atoms with van der Waals surface area (Å²) < 4.78 is 0. The van der Waals surface area contributed by atoms with Crippen LogP contribution in [-0.4, -0.2) is 18.3 Å². The minimum atomic E-state index is 0.639. The maximum absolute atomic E-state index is 3.79. The molecule has 1 unspecified atom stereocenters. The lowest BCUT2D eigenvalue weighted by molar-refractivity contribution is 0.490. The molecule has 0 aliphatic carbocycles. The van der Waals surface area contributed by atoms with Crippen molar-refractivity contribution in [3.05, 3.63) is 42.5 Å². The normalized spacial score (nSPS) is 12.3. The standard InChI is InChI=1S/C19H31NS/c1-4-6-7-8-9-10-18(20-15-5-2)16-21-19-13-11-17(3)12-14-19/h4,11-14,18,20H,1,5-10,15-16H2,2-3H3. The zero-order chi connectivity index (χ0) is 15.3. The molecule has 0 fully saturated rings. The highest BCUT2D eigenvalue weighted by Gasteiger charge is 2.08. The van der Waals surface area contributed by atoms with Gasteiger partial charge in [0.25, 0.3) is 0 Å². The second kappa shape index (κ2) is 11.9. The van der Waals surface area contributed by atoms with Crippen LogP contribution in [0.25, 0.3) is 0 Å². The molecule has 0 bridgehead atoms. The predicted octanol–water partition coefficient (Wildman–Crippen LogP) is 5.59. The fraction of sp³-hybridized carbons (Fsp3) is 0.579. The van der Waals surface area contributed by atoms with Gasteiger partial charge >= 0.3 is 0 Å². The summed E-state index contributed by atoms with van der Waals surface area (Å²) in [6.07, 6.45) is 9.62. The third kappa shape index (κ3) is 9.00. The average molecular weight is 306 g/mol. The van der Waals surface area contributed by atoms with Crippen LogP contribution in [0.4, 0.5) is 0 Å².